The van der Waals surface area contributed by atoms with Crippen molar-refractivity contribution in [3.63, 3.8) is 0 Å². The fourth-order valence-electron chi connectivity index (χ4n) is 2.59. The lowest BCUT2D eigenvalue weighted by Crippen LogP contribution is -2.34. The first-order valence-electron chi connectivity index (χ1n) is 5.83. The molecule has 17 heavy (non-hydrogen) atoms. The van der Waals surface area contributed by atoms with Gasteiger partial charge in [0.05, 0.1) is 14.2 Å². The van der Waals surface area contributed by atoms with E-state index >= 15 is 0 Å². The van der Waals surface area contributed by atoms with Crippen LogP contribution in [0.5, 0.6) is 11.5 Å². The molecule has 1 atom stereocenters. The monoisotopic (exact) mass is 236 g/mol. The molecule has 0 aromatic heterocycles. The molecule has 1 aromatic carbocycles. The van der Waals surface area contributed by atoms with Crippen LogP contribution in [0.1, 0.15) is 17.0 Å². The highest BCUT2D eigenvalue weighted by molar-refractivity contribution is 5.53. The van der Waals surface area contributed by atoms with Gasteiger partial charge in [0, 0.05) is 31.1 Å². The van der Waals surface area contributed by atoms with Crippen LogP contribution in [-0.4, -0.2) is 39.3 Å². The zero-order valence-electron chi connectivity index (χ0n) is 10.7. The topological polar surface area (TPSA) is 47.7 Å². The summed E-state index contributed by atoms with van der Waals surface area (Å²) in [5.74, 6) is 1.94. The average molecular weight is 236 g/mol. The Bertz CT molecular complexity index is 407. The van der Waals surface area contributed by atoms with Crippen molar-refractivity contribution in [3.05, 3.63) is 23.3 Å². The molecule has 1 aliphatic heterocycles. The van der Waals surface area contributed by atoms with Gasteiger partial charge in [-0.2, -0.15) is 0 Å². The number of nitrogens with two attached hydrogens (primary N) is 1. The van der Waals surface area contributed by atoms with Gasteiger partial charge in [0.1, 0.15) is 0 Å². The highest BCUT2D eigenvalue weighted by atomic mass is 16.5. The Labute approximate surface area is 102 Å². The van der Waals surface area contributed by atoms with E-state index in [4.69, 9.17) is 15.2 Å². The first-order valence-corrected chi connectivity index (χ1v) is 5.83. The largest absolute Gasteiger partial charge is 0.493 e. The van der Waals surface area contributed by atoms with Crippen molar-refractivity contribution in [2.75, 3.05) is 34.4 Å². The molecule has 0 bridgehead atoms. The lowest BCUT2D eigenvalue weighted by Gasteiger charge is -2.33. The molecule has 0 spiro atoms. The number of hydrogen-bond acceptors (Lipinski definition) is 4. The van der Waals surface area contributed by atoms with Crippen LogP contribution >= 0.6 is 0 Å². The minimum atomic E-state index is 0.314. The molecule has 1 heterocycles. The summed E-state index contributed by atoms with van der Waals surface area (Å²) >= 11 is 0. The van der Waals surface area contributed by atoms with Crippen molar-refractivity contribution in [1.29, 1.82) is 0 Å². The molecule has 1 unspecified atom stereocenters. The number of nitrogens with zero attached hydrogens (tertiary/aromatic N) is 1. The van der Waals surface area contributed by atoms with E-state index in [9.17, 15) is 0 Å². The molecule has 2 rings (SSSR count). The third-order valence-corrected chi connectivity index (χ3v) is 3.34. The fourth-order valence-corrected chi connectivity index (χ4v) is 2.59. The molecule has 1 aliphatic rings. The van der Waals surface area contributed by atoms with Gasteiger partial charge >= 0.3 is 0 Å². The number of hydrogen-bond donors (Lipinski definition) is 1. The number of fused-ring (bicyclic) bond motifs is 1. The van der Waals surface area contributed by atoms with E-state index in [0.29, 0.717) is 12.5 Å². The number of likely N-dealkylation sites (N-methyl/N-ethyl adjacent to an activating group) is 1. The maximum atomic E-state index is 5.87. The molecule has 0 fully saturated rings. The van der Waals surface area contributed by atoms with Crippen LogP contribution in [0.3, 0.4) is 0 Å². The molecule has 94 valence electrons. The molecule has 0 amide bonds. The molecule has 0 aliphatic carbocycles. The van der Waals surface area contributed by atoms with E-state index < -0.39 is 0 Å². The van der Waals surface area contributed by atoms with Crippen molar-refractivity contribution in [3.8, 4) is 11.5 Å². The molecular formula is C13H20N2O2. The molecule has 1 aromatic rings. The highest BCUT2D eigenvalue weighted by Crippen LogP contribution is 2.40. The molecule has 0 radical (unpaired) electrons. The summed E-state index contributed by atoms with van der Waals surface area (Å²) in [4.78, 5) is 2.28. The quantitative estimate of drug-likeness (QED) is 0.856. The summed E-state index contributed by atoms with van der Waals surface area (Å²) in [5, 5.41) is 0. The average Bonchev–Trinajstić information content (AvgIpc) is 2.36. The van der Waals surface area contributed by atoms with Crippen LogP contribution in [-0.2, 0) is 6.54 Å². The minimum absolute atomic E-state index is 0.314. The number of ether oxygens (including phenoxy) is 2. The summed E-state index contributed by atoms with van der Waals surface area (Å²) in [7, 11) is 5.46. The zero-order valence-corrected chi connectivity index (χ0v) is 10.7. The number of methoxy groups -OCH3 is 2. The van der Waals surface area contributed by atoms with Gasteiger partial charge in [0.15, 0.2) is 11.5 Å². The Morgan fingerprint density at radius 1 is 1.35 bits per heavy atom. The van der Waals surface area contributed by atoms with Crippen molar-refractivity contribution in [2.24, 2.45) is 5.73 Å². The summed E-state index contributed by atoms with van der Waals surface area (Å²) in [6.45, 7) is 2.53. The van der Waals surface area contributed by atoms with Crippen LogP contribution in [0.15, 0.2) is 12.1 Å². The molecule has 4 heteroatoms. The van der Waals surface area contributed by atoms with E-state index in [1.54, 1.807) is 14.2 Å². The second kappa shape index (κ2) is 4.94. The Hall–Kier alpha value is -1.26. The van der Waals surface area contributed by atoms with E-state index in [-0.39, 0.29) is 0 Å². The van der Waals surface area contributed by atoms with Crippen molar-refractivity contribution < 1.29 is 9.47 Å². The van der Waals surface area contributed by atoms with E-state index in [1.807, 2.05) is 6.07 Å². The highest BCUT2D eigenvalue weighted by Gasteiger charge is 2.27. The lowest BCUT2D eigenvalue weighted by molar-refractivity contribution is 0.272. The first kappa shape index (κ1) is 12.2. The van der Waals surface area contributed by atoms with Crippen molar-refractivity contribution in [1.82, 2.24) is 4.90 Å². The Balaban J connectivity index is 2.54. The van der Waals surface area contributed by atoms with Crippen molar-refractivity contribution in [2.45, 2.75) is 12.5 Å². The Morgan fingerprint density at radius 2 is 2.12 bits per heavy atom. The minimum Gasteiger partial charge on any atom is -0.493 e. The number of benzene rings is 1. The lowest BCUT2D eigenvalue weighted by atomic mass is 9.89. The van der Waals surface area contributed by atoms with Crippen LogP contribution in [0.4, 0.5) is 0 Å². The predicted molar refractivity (Wildman–Crippen MR) is 67.7 cm³/mol. The molecule has 4 nitrogen and oxygen atoms in total. The molecular weight excluding hydrogens is 216 g/mol. The second-order valence-corrected chi connectivity index (χ2v) is 4.50. The van der Waals surface area contributed by atoms with E-state index in [0.717, 1.165) is 24.6 Å². The normalized spacial score (nSPS) is 19.9. The second-order valence-electron chi connectivity index (χ2n) is 4.50. The fraction of sp³-hybridized carbons (Fsp3) is 0.538. The van der Waals surface area contributed by atoms with E-state index in [1.165, 1.54) is 11.1 Å². The molecule has 0 saturated carbocycles. The van der Waals surface area contributed by atoms with Gasteiger partial charge in [0.25, 0.3) is 0 Å². The van der Waals surface area contributed by atoms with Gasteiger partial charge in [0.2, 0.25) is 0 Å². The SMILES string of the molecule is COc1ccc2c(c1OC)C(CN)CN(C)C2. The molecule has 0 saturated heterocycles. The Morgan fingerprint density at radius 3 is 2.71 bits per heavy atom. The first-order chi connectivity index (χ1) is 8.21. The summed E-state index contributed by atoms with van der Waals surface area (Å²) < 4.78 is 10.8. The van der Waals surface area contributed by atoms with Gasteiger partial charge < -0.3 is 20.1 Å². The van der Waals surface area contributed by atoms with Gasteiger partial charge in [-0.05, 0) is 18.7 Å². The van der Waals surface area contributed by atoms with Crippen molar-refractivity contribution >= 4 is 0 Å². The van der Waals surface area contributed by atoms with Gasteiger partial charge in [-0.15, -0.1) is 0 Å². The smallest absolute Gasteiger partial charge is 0.164 e. The van der Waals surface area contributed by atoms with Gasteiger partial charge in [-0.3, -0.25) is 0 Å². The van der Waals surface area contributed by atoms with Crippen LogP contribution in [0.25, 0.3) is 0 Å². The predicted octanol–water partition coefficient (Wildman–Crippen LogP) is 1.19. The van der Waals surface area contributed by atoms with Crippen LogP contribution < -0.4 is 15.2 Å². The Kier molecular flexibility index (Phi) is 3.54. The van der Waals surface area contributed by atoms with Crippen LogP contribution in [0, 0.1) is 0 Å². The third-order valence-electron chi connectivity index (χ3n) is 3.34. The van der Waals surface area contributed by atoms with Crippen LogP contribution in [0.2, 0.25) is 0 Å². The van der Waals surface area contributed by atoms with Gasteiger partial charge in [-0.25, -0.2) is 0 Å². The molecule has 2 N–H and O–H groups in total. The van der Waals surface area contributed by atoms with Gasteiger partial charge in [-0.1, -0.05) is 6.07 Å². The van der Waals surface area contributed by atoms with E-state index in [2.05, 4.69) is 18.0 Å². The summed E-state index contributed by atoms with van der Waals surface area (Å²) in [6.07, 6.45) is 0. The maximum absolute atomic E-state index is 5.87. The number of rotatable bonds is 3. The maximum Gasteiger partial charge on any atom is 0.164 e. The summed E-state index contributed by atoms with van der Waals surface area (Å²) in [5.41, 5.74) is 8.37. The standard InChI is InChI=1S/C13H20N2O2/c1-15-7-9-4-5-11(16-2)13(17-3)12(9)10(6-14)8-15/h4-5,10H,6-8,14H2,1-3H3. The summed E-state index contributed by atoms with van der Waals surface area (Å²) in [6, 6.07) is 4.07. The third kappa shape index (κ3) is 2.10. The zero-order chi connectivity index (χ0) is 12.4.